The number of benzene rings is 1. The summed E-state index contributed by atoms with van der Waals surface area (Å²) in [6, 6.07) is 2.89. The van der Waals surface area contributed by atoms with E-state index in [2.05, 4.69) is 10.6 Å². The Hall–Kier alpha value is -1.80. The Morgan fingerprint density at radius 1 is 1.42 bits per heavy atom. The predicted molar refractivity (Wildman–Crippen MR) is 82.8 cm³/mol. The van der Waals surface area contributed by atoms with E-state index in [4.69, 9.17) is 4.74 Å². The number of ether oxygens (including phenoxy) is 1. The monoisotopic (exact) mass is 346 g/mol. The average molecular weight is 346 g/mol. The largest absolute Gasteiger partial charge is 0.416 e. The van der Waals surface area contributed by atoms with E-state index >= 15 is 0 Å². The molecular formula is C16H21F3N2O3. The summed E-state index contributed by atoms with van der Waals surface area (Å²) < 4.78 is 43.8. The number of halogens is 3. The Morgan fingerprint density at radius 3 is 2.75 bits per heavy atom. The van der Waals surface area contributed by atoms with E-state index in [1.54, 1.807) is 0 Å². The normalized spacial score (nSPS) is 15.9. The summed E-state index contributed by atoms with van der Waals surface area (Å²) in [6.07, 6.45) is -3.05. The highest BCUT2D eigenvalue weighted by molar-refractivity contribution is 5.90. The summed E-state index contributed by atoms with van der Waals surface area (Å²) in [5.41, 5.74) is -0.788. The van der Waals surface area contributed by atoms with Gasteiger partial charge in [0.2, 0.25) is 0 Å². The number of hydrogen-bond donors (Lipinski definition) is 3. The van der Waals surface area contributed by atoms with Gasteiger partial charge in [0.25, 0.3) is 0 Å². The zero-order valence-corrected chi connectivity index (χ0v) is 13.3. The zero-order chi connectivity index (χ0) is 17.7. The van der Waals surface area contributed by atoms with Crippen LogP contribution in [0.2, 0.25) is 0 Å². The lowest BCUT2D eigenvalue weighted by atomic mass is 10.1. The first-order valence-corrected chi connectivity index (χ1v) is 7.75. The van der Waals surface area contributed by atoms with Crippen molar-refractivity contribution in [2.45, 2.75) is 32.0 Å². The number of nitrogens with one attached hydrogen (secondary N) is 2. The van der Waals surface area contributed by atoms with Gasteiger partial charge < -0.3 is 20.5 Å². The Kier molecular flexibility index (Phi) is 6.06. The van der Waals surface area contributed by atoms with E-state index in [1.807, 2.05) is 0 Å². The van der Waals surface area contributed by atoms with Crippen LogP contribution in [0.1, 0.15) is 24.0 Å². The van der Waals surface area contributed by atoms with Gasteiger partial charge in [-0.15, -0.1) is 0 Å². The smallest absolute Gasteiger partial charge is 0.389 e. The van der Waals surface area contributed by atoms with Crippen LogP contribution in [0, 0.1) is 12.8 Å². The van der Waals surface area contributed by atoms with Crippen molar-refractivity contribution in [3.05, 3.63) is 29.3 Å². The predicted octanol–water partition coefficient (Wildman–Crippen LogP) is 2.92. The van der Waals surface area contributed by atoms with E-state index in [0.717, 1.165) is 18.9 Å². The Labute approximate surface area is 138 Å². The summed E-state index contributed by atoms with van der Waals surface area (Å²) >= 11 is 0. The van der Waals surface area contributed by atoms with Crippen molar-refractivity contribution < 1.29 is 27.8 Å². The molecule has 24 heavy (non-hydrogen) atoms. The van der Waals surface area contributed by atoms with Crippen molar-refractivity contribution in [3.63, 3.8) is 0 Å². The molecule has 1 fully saturated rings. The maximum atomic E-state index is 12.8. The lowest BCUT2D eigenvalue weighted by molar-refractivity contribution is -0.138. The third-order valence-corrected chi connectivity index (χ3v) is 3.75. The van der Waals surface area contributed by atoms with Gasteiger partial charge in [-0.3, -0.25) is 0 Å². The second kappa shape index (κ2) is 7.85. The third kappa shape index (κ3) is 5.68. The molecule has 1 atom stereocenters. The van der Waals surface area contributed by atoms with Crippen LogP contribution in [0.4, 0.5) is 23.7 Å². The molecule has 1 aliphatic rings. The summed E-state index contributed by atoms with van der Waals surface area (Å²) in [6.45, 7) is 1.96. The minimum atomic E-state index is -4.48. The van der Waals surface area contributed by atoms with Gasteiger partial charge in [-0.2, -0.15) is 13.2 Å². The molecule has 2 amide bonds. The minimum Gasteiger partial charge on any atom is -0.389 e. The number of urea groups is 1. The van der Waals surface area contributed by atoms with E-state index in [9.17, 15) is 23.1 Å². The summed E-state index contributed by atoms with van der Waals surface area (Å²) in [5.74, 6) is 0.581. The van der Waals surface area contributed by atoms with Crippen molar-refractivity contribution in [1.82, 2.24) is 5.32 Å². The Balaban J connectivity index is 1.79. The number of aliphatic hydroxyl groups is 1. The molecule has 2 rings (SSSR count). The summed E-state index contributed by atoms with van der Waals surface area (Å²) in [5, 5.41) is 14.5. The first kappa shape index (κ1) is 18.5. The number of aliphatic hydroxyl groups excluding tert-OH is 1. The molecule has 5 nitrogen and oxygen atoms in total. The van der Waals surface area contributed by atoms with Crippen molar-refractivity contribution in [2.24, 2.45) is 5.92 Å². The quantitative estimate of drug-likeness (QED) is 0.711. The maximum Gasteiger partial charge on any atom is 0.416 e. The molecule has 1 aromatic carbocycles. The molecule has 0 aliphatic heterocycles. The molecule has 3 N–H and O–H groups in total. The second-order valence-electron chi connectivity index (χ2n) is 5.95. The third-order valence-electron chi connectivity index (χ3n) is 3.75. The van der Waals surface area contributed by atoms with Gasteiger partial charge in [-0.25, -0.2) is 4.79 Å². The summed E-state index contributed by atoms with van der Waals surface area (Å²) in [7, 11) is 0. The van der Waals surface area contributed by atoms with Crippen molar-refractivity contribution >= 4 is 11.7 Å². The molecule has 0 radical (unpaired) electrons. The van der Waals surface area contributed by atoms with Crippen LogP contribution < -0.4 is 10.6 Å². The highest BCUT2D eigenvalue weighted by Crippen LogP contribution is 2.34. The van der Waals surface area contributed by atoms with Crippen LogP contribution in [0.5, 0.6) is 0 Å². The standard InChI is InChI=1S/C16H21F3N2O3/c1-10-13(16(17,18)19)3-2-4-14(10)21-15(23)20-7-12(22)9-24-8-11-5-6-11/h2-4,11-12,22H,5-9H2,1H3,(H2,20,21,23). The molecule has 134 valence electrons. The number of carbonyl (C=O) groups is 1. The average Bonchev–Trinajstić information content (AvgIpc) is 3.30. The summed E-state index contributed by atoms with van der Waals surface area (Å²) in [4.78, 5) is 11.8. The van der Waals surface area contributed by atoms with Crippen LogP contribution in [-0.4, -0.2) is 37.0 Å². The van der Waals surface area contributed by atoms with Gasteiger partial charge in [-0.1, -0.05) is 6.07 Å². The number of carbonyl (C=O) groups excluding carboxylic acids is 1. The molecule has 8 heteroatoms. The maximum absolute atomic E-state index is 12.8. The molecular weight excluding hydrogens is 325 g/mol. The molecule has 1 unspecified atom stereocenters. The molecule has 1 aromatic rings. The van der Waals surface area contributed by atoms with Gasteiger partial charge in [0, 0.05) is 18.8 Å². The van der Waals surface area contributed by atoms with Gasteiger partial charge >= 0.3 is 12.2 Å². The lowest BCUT2D eigenvalue weighted by Gasteiger charge is -2.16. The van der Waals surface area contributed by atoms with Crippen LogP contribution in [-0.2, 0) is 10.9 Å². The molecule has 0 aromatic heterocycles. The number of amides is 2. The van der Waals surface area contributed by atoms with Gasteiger partial charge in [-0.05, 0) is 43.4 Å². The fourth-order valence-electron chi connectivity index (χ4n) is 2.17. The minimum absolute atomic E-state index is 0.0471. The SMILES string of the molecule is Cc1c(NC(=O)NCC(O)COCC2CC2)cccc1C(F)(F)F. The van der Waals surface area contributed by atoms with E-state index < -0.39 is 23.9 Å². The fraction of sp³-hybridized carbons (Fsp3) is 0.562. The van der Waals surface area contributed by atoms with Gasteiger partial charge in [0.15, 0.2) is 0 Å². The highest BCUT2D eigenvalue weighted by Gasteiger charge is 2.33. The number of hydrogen-bond acceptors (Lipinski definition) is 3. The molecule has 1 saturated carbocycles. The Bertz CT molecular complexity index is 574. The molecule has 0 spiro atoms. The first-order valence-electron chi connectivity index (χ1n) is 7.75. The topological polar surface area (TPSA) is 70.6 Å². The van der Waals surface area contributed by atoms with Crippen molar-refractivity contribution in [1.29, 1.82) is 0 Å². The molecule has 0 heterocycles. The molecule has 0 bridgehead atoms. The molecule has 1 aliphatic carbocycles. The van der Waals surface area contributed by atoms with Gasteiger partial charge in [0.05, 0.1) is 18.3 Å². The number of rotatable bonds is 7. The highest BCUT2D eigenvalue weighted by atomic mass is 19.4. The van der Waals surface area contributed by atoms with E-state index in [-0.39, 0.29) is 24.4 Å². The fourth-order valence-corrected chi connectivity index (χ4v) is 2.17. The van der Waals surface area contributed by atoms with Crippen molar-refractivity contribution in [2.75, 3.05) is 25.1 Å². The van der Waals surface area contributed by atoms with Crippen molar-refractivity contribution in [3.8, 4) is 0 Å². The lowest BCUT2D eigenvalue weighted by Crippen LogP contribution is -2.37. The van der Waals surface area contributed by atoms with Crippen LogP contribution >= 0.6 is 0 Å². The van der Waals surface area contributed by atoms with Crippen LogP contribution in [0.25, 0.3) is 0 Å². The first-order chi connectivity index (χ1) is 11.3. The number of alkyl halides is 3. The van der Waals surface area contributed by atoms with E-state index in [0.29, 0.717) is 12.5 Å². The zero-order valence-electron chi connectivity index (χ0n) is 13.3. The number of anilines is 1. The Morgan fingerprint density at radius 2 is 2.12 bits per heavy atom. The van der Waals surface area contributed by atoms with E-state index in [1.165, 1.54) is 19.1 Å². The second-order valence-corrected chi connectivity index (χ2v) is 5.95. The van der Waals surface area contributed by atoms with Crippen LogP contribution in [0.3, 0.4) is 0 Å². The van der Waals surface area contributed by atoms with Crippen LogP contribution in [0.15, 0.2) is 18.2 Å². The van der Waals surface area contributed by atoms with Gasteiger partial charge in [0.1, 0.15) is 0 Å². The molecule has 0 saturated heterocycles.